The molecule has 0 bridgehead atoms. The largest absolute Gasteiger partial charge is 0.481 e. The van der Waals surface area contributed by atoms with Crippen LogP contribution in [0.4, 0.5) is 0 Å². The van der Waals surface area contributed by atoms with Crippen molar-refractivity contribution in [1.29, 1.82) is 0 Å². The molecule has 1 aromatic heterocycles. The maximum Gasteiger partial charge on any atom is 0.326 e. The smallest absolute Gasteiger partial charge is 0.326 e. The second-order valence-corrected chi connectivity index (χ2v) is 9.42. The first-order valence-corrected chi connectivity index (χ1v) is 12.4. The van der Waals surface area contributed by atoms with E-state index < -0.39 is 60.2 Å². The van der Waals surface area contributed by atoms with Gasteiger partial charge in [0.25, 0.3) is 0 Å². The summed E-state index contributed by atoms with van der Waals surface area (Å²) < 4.78 is 0. The predicted octanol–water partition coefficient (Wildman–Crippen LogP) is -2.22. The molecule has 1 rings (SSSR count). The lowest BCUT2D eigenvalue weighted by molar-refractivity contribution is -0.143. The fourth-order valence-corrected chi connectivity index (χ4v) is 3.56. The molecular weight excluding hydrogens is 514 g/mol. The number of nitrogens with zero attached hydrogens (tertiary/aromatic N) is 2. The van der Waals surface area contributed by atoms with Gasteiger partial charge in [-0.05, 0) is 31.6 Å². The summed E-state index contributed by atoms with van der Waals surface area (Å²) in [6, 6.07) is -4.82. The fourth-order valence-electron chi connectivity index (χ4n) is 3.56. The third kappa shape index (κ3) is 13.2. The van der Waals surface area contributed by atoms with Gasteiger partial charge in [-0.25, -0.2) is 9.78 Å². The van der Waals surface area contributed by atoms with Crippen molar-refractivity contribution in [2.24, 2.45) is 28.1 Å². The molecule has 0 aliphatic rings. The first-order valence-electron chi connectivity index (χ1n) is 12.4. The molecule has 0 saturated heterocycles. The number of hydrogen-bond acceptors (Lipinski definition) is 8. The van der Waals surface area contributed by atoms with Crippen LogP contribution < -0.4 is 33.2 Å². The monoisotopic (exact) mass is 553 g/mol. The SMILES string of the molecule is CC(C)CC(N)C(=O)NC(CCCN=C(N)N)C(=O)NC(CCC(=O)O)C(=O)NC(Cc1cnc[nH]1)C(=O)O. The number of aliphatic imine (C=N–C) groups is 1. The summed E-state index contributed by atoms with van der Waals surface area (Å²) in [6.07, 6.45) is 2.53. The van der Waals surface area contributed by atoms with Crippen LogP contribution >= 0.6 is 0 Å². The Morgan fingerprint density at radius 3 is 2.08 bits per heavy atom. The predicted molar refractivity (Wildman–Crippen MR) is 140 cm³/mol. The molecule has 218 valence electrons. The topological polar surface area (TPSA) is 281 Å². The van der Waals surface area contributed by atoms with E-state index in [9.17, 15) is 29.1 Å². The molecular formula is C23H39N9O7. The number of aliphatic carboxylic acids is 2. The second-order valence-electron chi connectivity index (χ2n) is 9.42. The molecule has 0 saturated carbocycles. The Balaban J connectivity index is 3.05. The maximum absolute atomic E-state index is 13.2. The molecule has 16 heteroatoms. The molecule has 16 nitrogen and oxygen atoms in total. The standard InChI is InChI=1S/C23H39N9O7/c1-12(2)8-14(24)19(35)30-15(4-3-7-28-23(25)26)20(36)31-16(5-6-18(33)34)21(37)32-17(22(38)39)9-13-10-27-11-29-13/h10-12,14-17H,3-9,24H2,1-2H3,(H,27,29)(H,30,35)(H,31,36)(H,32,37)(H,33,34)(H,38,39)(H4,25,26,28). The number of carboxylic acid groups (broad SMARTS) is 2. The normalized spacial score (nSPS) is 13.9. The number of hydrogen-bond donors (Lipinski definition) is 9. The van der Waals surface area contributed by atoms with Gasteiger partial charge in [-0.15, -0.1) is 0 Å². The van der Waals surface area contributed by atoms with E-state index >= 15 is 0 Å². The van der Waals surface area contributed by atoms with E-state index in [1.807, 2.05) is 13.8 Å². The molecule has 1 heterocycles. The lowest BCUT2D eigenvalue weighted by Crippen LogP contribution is -2.57. The number of carbonyl (C=O) groups excluding carboxylic acids is 3. The highest BCUT2D eigenvalue weighted by Gasteiger charge is 2.31. The van der Waals surface area contributed by atoms with Gasteiger partial charge in [-0.3, -0.25) is 24.2 Å². The fraction of sp³-hybridized carbons (Fsp3) is 0.609. The molecule has 3 amide bonds. The lowest BCUT2D eigenvalue weighted by Gasteiger charge is -2.25. The molecule has 12 N–H and O–H groups in total. The van der Waals surface area contributed by atoms with Crippen molar-refractivity contribution in [1.82, 2.24) is 25.9 Å². The Hall–Kier alpha value is -4.21. The van der Waals surface area contributed by atoms with Crippen molar-refractivity contribution in [2.45, 2.75) is 76.5 Å². The Labute approximate surface area is 225 Å². The second kappa shape index (κ2) is 16.6. The van der Waals surface area contributed by atoms with Crippen molar-refractivity contribution >= 4 is 35.6 Å². The third-order valence-corrected chi connectivity index (χ3v) is 5.51. The van der Waals surface area contributed by atoms with Gasteiger partial charge in [0.2, 0.25) is 17.7 Å². The molecule has 0 radical (unpaired) electrons. The minimum Gasteiger partial charge on any atom is -0.481 e. The zero-order chi connectivity index (χ0) is 29.5. The number of carboxylic acids is 2. The quantitative estimate of drug-likeness (QED) is 0.0533. The highest BCUT2D eigenvalue weighted by atomic mass is 16.4. The minimum atomic E-state index is -1.40. The van der Waals surface area contributed by atoms with Gasteiger partial charge in [-0.2, -0.15) is 0 Å². The summed E-state index contributed by atoms with van der Waals surface area (Å²) in [5.74, 6) is -4.86. The zero-order valence-electron chi connectivity index (χ0n) is 22.1. The Morgan fingerprint density at radius 2 is 1.56 bits per heavy atom. The average molecular weight is 554 g/mol. The van der Waals surface area contributed by atoms with Crippen LogP contribution in [-0.2, 0) is 30.4 Å². The molecule has 4 unspecified atom stereocenters. The molecule has 0 aliphatic heterocycles. The summed E-state index contributed by atoms with van der Waals surface area (Å²) in [4.78, 5) is 72.1. The van der Waals surface area contributed by atoms with Crippen molar-refractivity contribution in [2.75, 3.05) is 6.54 Å². The van der Waals surface area contributed by atoms with Crippen molar-refractivity contribution in [3.8, 4) is 0 Å². The van der Waals surface area contributed by atoms with Crippen LogP contribution in [-0.4, -0.2) is 86.5 Å². The maximum atomic E-state index is 13.2. The van der Waals surface area contributed by atoms with Gasteiger partial charge in [0, 0.05) is 31.3 Å². The van der Waals surface area contributed by atoms with Gasteiger partial charge >= 0.3 is 11.9 Å². The van der Waals surface area contributed by atoms with Crippen LogP contribution in [0.2, 0.25) is 0 Å². The number of aromatic amines is 1. The molecule has 39 heavy (non-hydrogen) atoms. The van der Waals surface area contributed by atoms with Crippen LogP contribution in [0.1, 0.15) is 51.6 Å². The summed E-state index contributed by atoms with van der Waals surface area (Å²) in [7, 11) is 0. The van der Waals surface area contributed by atoms with Gasteiger partial charge in [0.15, 0.2) is 5.96 Å². The van der Waals surface area contributed by atoms with Gasteiger partial charge in [0.1, 0.15) is 18.1 Å². The highest BCUT2D eigenvalue weighted by Crippen LogP contribution is 2.07. The average Bonchev–Trinajstić information content (AvgIpc) is 3.35. The lowest BCUT2D eigenvalue weighted by atomic mass is 10.0. The van der Waals surface area contributed by atoms with Crippen LogP contribution in [0.25, 0.3) is 0 Å². The van der Waals surface area contributed by atoms with E-state index in [1.165, 1.54) is 12.5 Å². The summed E-state index contributed by atoms with van der Waals surface area (Å²) in [5, 5.41) is 26.0. The van der Waals surface area contributed by atoms with E-state index in [0.717, 1.165) is 0 Å². The van der Waals surface area contributed by atoms with E-state index in [2.05, 4.69) is 30.9 Å². The highest BCUT2D eigenvalue weighted by molar-refractivity contribution is 5.94. The van der Waals surface area contributed by atoms with E-state index in [0.29, 0.717) is 12.1 Å². The summed E-state index contributed by atoms with van der Waals surface area (Å²) >= 11 is 0. The van der Waals surface area contributed by atoms with Crippen molar-refractivity contribution in [3.63, 3.8) is 0 Å². The summed E-state index contributed by atoms with van der Waals surface area (Å²) in [6.45, 7) is 3.93. The molecule has 0 spiro atoms. The van der Waals surface area contributed by atoms with E-state index in [1.54, 1.807) is 0 Å². The van der Waals surface area contributed by atoms with Crippen LogP contribution in [0.3, 0.4) is 0 Å². The number of rotatable bonds is 18. The van der Waals surface area contributed by atoms with Crippen LogP contribution in [0.5, 0.6) is 0 Å². The van der Waals surface area contributed by atoms with E-state index in [4.69, 9.17) is 22.3 Å². The Morgan fingerprint density at radius 1 is 0.974 bits per heavy atom. The molecule has 1 aromatic rings. The Kier molecular flexibility index (Phi) is 14.0. The Bertz CT molecular complexity index is 994. The number of carbonyl (C=O) groups is 5. The van der Waals surface area contributed by atoms with E-state index in [-0.39, 0.29) is 44.1 Å². The first-order chi connectivity index (χ1) is 18.3. The zero-order valence-corrected chi connectivity index (χ0v) is 22.1. The van der Waals surface area contributed by atoms with Crippen LogP contribution in [0, 0.1) is 5.92 Å². The van der Waals surface area contributed by atoms with Crippen molar-refractivity contribution in [3.05, 3.63) is 18.2 Å². The van der Waals surface area contributed by atoms with Crippen molar-refractivity contribution < 1.29 is 34.2 Å². The third-order valence-electron chi connectivity index (χ3n) is 5.51. The number of nitrogens with one attached hydrogen (secondary N) is 4. The first kappa shape index (κ1) is 32.8. The van der Waals surface area contributed by atoms with Gasteiger partial charge in [-0.1, -0.05) is 13.8 Å². The van der Waals surface area contributed by atoms with Crippen LogP contribution in [0.15, 0.2) is 17.5 Å². The van der Waals surface area contributed by atoms with Gasteiger partial charge in [0.05, 0.1) is 12.4 Å². The molecule has 4 atom stereocenters. The number of aromatic nitrogens is 2. The molecule has 0 aromatic carbocycles. The number of nitrogens with two attached hydrogens (primary N) is 3. The molecule has 0 fully saturated rings. The number of H-pyrrole nitrogens is 1. The number of guanidine groups is 1. The summed E-state index contributed by atoms with van der Waals surface area (Å²) in [5.41, 5.74) is 17.0. The molecule has 0 aliphatic carbocycles. The number of amides is 3. The number of imidazole rings is 1. The van der Waals surface area contributed by atoms with Gasteiger partial charge < -0.3 is 48.3 Å². The minimum absolute atomic E-state index is 0.0770.